The Morgan fingerprint density at radius 2 is 0.445 bits per heavy atom. The lowest BCUT2D eigenvalue weighted by atomic mass is 9.88. The molecule has 0 heterocycles. The normalized spacial score (nSPS) is 14.6. The summed E-state index contributed by atoms with van der Waals surface area (Å²) in [6.07, 6.45) is 4.66. The van der Waals surface area contributed by atoms with Gasteiger partial charge in [-0.15, -0.1) is 0 Å². The second-order valence-electron chi connectivity index (χ2n) is 33.4. The fraction of sp³-hybridized carbons (Fsp3) is 0.111. The molecule has 14 aromatic rings. The van der Waals surface area contributed by atoms with Gasteiger partial charge in [0.2, 0.25) is 0 Å². The van der Waals surface area contributed by atoms with Gasteiger partial charge in [-0.25, -0.2) is 0 Å². The first-order valence-electron chi connectivity index (χ1n) is 39.2. The molecule has 0 bridgehead atoms. The fourth-order valence-corrected chi connectivity index (χ4v) is 23.2. The third kappa shape index (κ3) is 11.2. The van der Waals surface area contributed by atoms with Crippen LogP contribution in [0.15, 0.2) is 303 Å². The standard InChI is InChI=1S/C38H26.C30H22.C22H26Si2.C18H14/c1-23-17-19-31-33(21-23)35(29-15-7-11-25-9-3-5-13-27(25)29)38-32-20-18-24(2)22-34(32)36(37(31)38)30-16-8-12-26-10-4-6-14-28(26)30;1-19-13-15-23-25(17-19)27(21-9-5-3-6-10-21)30-24-16-14-20(2)18-26(24)28(29(23)30)22-11-7-4-8-12-22;1-23(2,3)21-17-13-9-7-11-15(17)20-19(21)16-12-8-10-14-18(16)22(20)24(4,5)6;1-11-3-5-15-13(7-11)9-17-16-6-4-12(2)8-14(16)10-18(15)17/h3-22H,1-2H3;3-18H,1-2H3;7-14H,1-6H3;3-10H,1-2H3. The topological polar surface area (TPSA) is 0 Å². The van der Waals surface area contributed by atoms with Crippen molar-refractivity contribution in [3.05, 3.63) is 448 Å². The Morgan fingerprint density at radius 3 is 0.800 bits per heavy atom. The highest BCUT2D eigenvalue weighted by Crippen LogP contribution is 2.63. The van der Waals surface area contributed by atoms with Crippen molar-refractivity contribution in [1.82, 2.24) is 0 Å². The van der Waals surface area contributed by atoms with Crippen LogP contribution in [0.1, 0.15) is 145 Å². The number of allylic oxidation sites excluding steroid dienone is 8. The van der Waals surface area contributed by atoms with Crippen molar-refractivity contribution in [3.8, 4) is 0 Å². The summed E-state index contributed by atoms with van der Waals surface area (Å²) in [5, 5.41) is 8.49. The monoisotopic (exact) mass is 1440 g/mol. The van der Waals surface area contributed by atoms with Gasteiger partial charge in [-0.05, 0) is 264 Å². The molecular formula is C108H88Si2. The molecule has 0 N–H and O–H groups in total. The Hall–Kier alpha value is -12.0. The van der Waals surface area contributed by atoms with Crippen molar-refractivity contribution in [3.63, 3.8) is 0 Å². The minimum absolute atomic E-state index is 1.28. The number of hydrogen-bond donors (Lipinski definition) is 0. The van der Waals surface area contributed by atoms with Gasteiger partial charge in [0.1, 0.15) is 0 Å². The summed E-state index contributed by atoms with van der Waals surface area (Å²) in [5.74, 6) is 0. The largest absolute Gasteiger partial charge is 0.0792 e. The third-order valence-electron chi connectivity index (χ3n) is 23.7. The molecule has 0 saturated carbocycles. The second-order valence-corrected chi connectivity index (χ2v) is 43.4. The molecule has 0 aliphatic heterocycles. The van der Waals surface area contributed by atoms with E-state index in [1.807, 2.05) is 0 Å². The SMILES string of the molecule is C[Si](C)(C)C1=C2C(=C([Si](C)(C)C)c3ccccc32)c2ccccc21.Cc1ccc2c(c1)C(c1cccc3ccccc13)=C1C2=C(c2cccc3ccccc23)c2cc(C)ccc21.Cc1ccc2c(c1)C(c1ccccc1)=C1C2=C(c2ccccc2)c2cc(C)ccc21.Cc1ccc2c(c1)C=C1C2=Cc2cc(C)ccc21. The highest BCUT2D eigenvalue weighted by Gasteiger charge is 2.44. The smallest absolute Gasteiger partial charge is 0.0656 e. The Bertz CT molecular complexity index is 6190. The minimum Gasteiger partial charge on any atom is -0.0656 e. The van der Waals surface area contributed by atoms with Gasteiger partial charge >= 0.3 is 0 Å². The first-order chi connectivity index (χ1) is 53.3. The highest BCUT2D eigenvalue weighted by molar-refractivity contribution is 6.99. The van der Waals surface area contributed by atoms with Crippen LogP contribution in [0.25, 0.3) is 111 Å². The first-order valence-corrected chi connectivity index (χ1v) is 46.2. The minimum atomic E-state index is -1.46. The number of hydrogen-bond acceptors (Lipinski definition) is 0. The summed E-state index contributed by atoms with van der Waals surface area (Å²) in [6, 6.07) is 112. The molecule has 22 rings (SSSR count). The van der Waals surface area contributed by atoms with Gasteiger partial charge in [0.15, 0.2) is 0 Å². The predicted molar refractivity (Wildman–Crippen MR) is 480 cm³/mol. The van der Waals surface area contributed by atoms with Crippen molar-refractivity contribution in [1.29, 1.82) is 0 Å². The molecule has 0 aromatic heterocycles. The molecule has 0 saturated heterocycles. The third-order valence-corrected chi connectivity index (χ3v) is 27.7. The Kier molecular flexibility index (Phi) is 16.4. The summed E-state index contributed by atoms with van der Waals surface area (Å²) >= 11 is 0. The molecule has 0 nitrogen and oxygen atoms in total. The fourth-order valence-electron chi connectivity index (χ4n) is 19.2. The Morgan fingerprint density at radius 1 is 0.182 bits per heavy atom. The van der Waals surface area contributed by atoms with Crippen molar-refractivity contribution < 1.29 is 0 Å². The summed E-state index contributed by atoms with van der Waals surface area (Å²) in [6.45, 7) is 28.0. The number of benzene rings is 14. The van der Waals surface area contributed by atoms with E-state index in [-0.39, 0.29) is 0 Å². The van der Waals surface area contributed by atoms with E-state index in [2.05, 4.69) is 396 Å². The van der Waals surface area contributed by atoms with Crippen LogP contribution in [0.4, 0.5) is 0 Å². The van der Waals surface area contributed by atoms with E-state index in [1.54, 1.807) is 21.5 Å². The predicted octanol–water partition coefficient (Wildman–Crippen LogP) is 28.7. The lowest BCUT2D eigenvalue weighted by molar-refractivity contribution is 1.42. The Balaban J connectivity index is 0.000000103. The van der Waals surface area contributed by atoms with Gasteiger partial charge < -0.3 is 0 Å². The molecule has 0 amide bonds. The lowest BCUT2D eigenvalue weighted by Gasteiger charge is -2.23. The van der Waals surface area contributed by atoms with Crippen LogP contribution in [-0.4, -0.2) is 16.1 Å². The zero-order valence-electron chi connectivity index (χ0n) is 65.0. The second kappa shape index (κ2) is 26.4. The van der Waals surface area contributed by atoms with Gasteiger partial charge in [-0.1, -0.05) is 376 Å². The molecule has 2 heteroatoms. The zero-order chi connectivity index (χ0) is 75.2. The number of aryl methyl sites for hydroxylation is 6. The average Bonchev–Trinajstić information content (AvgIpc) is 1.55. The molecule has 8 aliphatic carbocycles. The van der Waals surface area contributed by atoms with Crippen LogP contribution in [0, 0.1) is 41.5 Å². The van der Waals surface area contributed by atoms with Crippen molar-refractivity contribution in [2.75, 3.05) is 0 Å². The molecule has 14 aromatic carbocycles. The average molecular weight is 1440 g/mol. The van der Waals surface area contributed by atoms with Crippen LogP contribution >= 0.6 is 0 Å². The number of fused-ring (bicyclic) bond motifs is 22. The molecule has 0 spiro atoms. The molecule has 0 fully saturated rings. The van der Waals surface area contributed by atoms with Crippen LogP contribution in [0.5, 0.6) is 0 Å². The number of rotatable bonds is 6. The summed E-state index contributed by atoms with van der Waals surface area (Å²) in [7, 11) is -2.92. The molecule has 0 atom stereocenters. The van der Waals surface area contributed by atoms with E-state index in [0.717, 1.165) is 0 Å². The maximum Gasteiger partial charge on any atom is 0.0792 e. The Labute approximate surface area is 651 Å². The van der Waals surface area contributed by atoms with Crippen LogP contribution < -0.4 is 0 Å². The quantitative estimate of drug-likeness (QED) is 0.146. The van der Waals surface area contributed by atoms with Gasteiger partial charge in [-0.2, -0.15) is 0 Å². The van der Waals surface area contributed by atoms with Gasteiger partial charge in [0.05, 0.1) is 16.1 Å². The van der Waals surface area contributed by atoms with E-state index in [0.29, 0.717) is 0 Å². The van der Waals surface area contributed by atoms with Gasteiger partial charge in [0, 0.05) is 0 Å². The maximum atomic E-state index is 2.49. The first kappa shape index (κ1) is 68.5. The van der Waals surface area contributed by atoms with Gasteiger partial charge in [0.25, 0.3) is 0 Å². The van der Waals surface area contributed by atoms with Crippen molar-refractivity contribution in [2.45, 2.75) is 80.8 Å². The molecule has 528 valence electrons. The molecule has 0 unspecified atom stereocenters. The van der Waals surface area contributed by atoms with E-state index in [1.165, 1.54) is 222 Å². The molecule has 8 aliphatic rings. The summed E-state index contributed by atoms with van der Waals surface area (Å²) < 4.78 is 0. The lowest BCUT2D eigenvalue weighted by Crippen LogP contribution is -2.23. The van der Waals surface area contributed by atoms with Crippen molar-refractivity contribution in [2.24, 2.45) is 0 Å². The highest BCUT2D eigenvalue weighted by atomic mass is 28.3. The van der Waals surface area contributed by atoms with E-state index in [9.17, 15) is 0 Å². The summed E-state index contributed by atoms with van der Waals surface area (Å²) in [4.78, 5) is 0. The molecular weight excluding hydrogens is 1350 g/mol. The zero-order valence-corrected chi connectivity index (χ0v) is 67.0. The van der Waals surface area contributed by atoms with Crippen LogP contribution in [0.2, 0.25) is 39.3 Å². The maximum absolute atomic E-state index is 2.49. The molecule has 110 heavy (non-hydrogen) atoms. The summed E-state index contributed by atoms with van der Waals surface area (Å²) in [5.41, 5.74) is 52.2. The van der Waals surface area contributed by atoms with E-state index >= 15 is 0 Å². The van der Waals surface area contributed by atoms with E-state index < -0.39 is 16.1 Å². The molecule has 0 radical (unpaired) electrons. The van der Waals surface area contributed by atoms with Gasteiger partial charge in [-0.3, -0.25) is 0 Å². The van der Waals surface area contributed by atoms with Crippen LogP contribution in [-0.2, 0) is 0 Å². The van der Waals surface area contributed by atoms with Crippen molar-refractivity contribution >= 4 is 127 Å². The van der Waals surface area contributed by atoms with E-state index in [4.69, 9.17) is 0 Å². The van der Waals surface area contributed by atoms with Crippen LogP contribution in [0.3, 0.4) is 0 Å².